The van der Waals surface area contributed by atoms with Crippen LogP contribution in [0, 0.1) is 0 Å². The lowest BCUT2D eigenvalue weighted by atomic mass is 10.2. The molecule has 0 aliphatic carbocycles. The van der Waals surface area contributed by atoms with E-state index < -0.39 is 5.97 Å². The molecular formula is C13H18ClNO2S. The number of hydrogen-bond donors (Lipinski definition) is 1. The molecule has 0 saturated carbocycles. The maximum absolute atomic E-state index is 10.8. The summed E-state index contributed by atoms with van der Waals surface area (Å²) in [5.41, 5.74) is 0.157. The van der Waals surface area contributed by atoms with Gasteiger partial charge in [0.25, 0.3) is 0 Å². The van der Waals surface area contributed by atoms with Crippen molar-refractivity contribution in [3.05, 3.63) is 28.8 Å². The van der Waals surface area contributed by atoms with Crippen molar-refractivity contribution in [3.63, 3.8) is 0 Å². The standard InChI is InChI=1S/C13H18ClNO2S/c1-3-15(4-2)7-8-18-10-5-6-11(13(16)17)12(14)9-10/h5-6,9H,3-4,7-8H2,1-2H3,(H,16,17). The minimum Gasteiger partial charge on any atom is -0.478 e. The van der Waals surface area contributed by atoms with Gasteiger partial charge in [-0.1, -0.05) is 25.4 Å². The average Bonchev–Trinajstić information content (AvgIpc) is 2.34. The molecule has 0 atom stereocenters. The number of carboxylic acids is 1. The van der Waals surface area contributed by atoms with E-state index in [0.29, 0.717) is 5.02 Å². The SMILES string of the molecule is CCN(CC)CCSc1ccc(C(=O)O)c(Cl)c1. The minimum absolute atomic E-state index is 0.157. The maximum atomic E-state index is 10.8. The first-order valence-corrected chi connectivity index (χ1v) is 7.32. The minimum atomic E-state index is -0.986. The molecule has 0 radical (unpaired) electrons. The largest absolute Gasteiger partial charge is 0.478 e. The molecule has 1 aromatic carbocycles. The van der Waals surface area contributed by atoms with Crippen molar-refractivity contribution in [1.82, 2.24) is 4.90 Å². The van der Waals surface area contributed by atoms with Gasteiger partial charge in [-0.3, -0.25) is 0 Å². The summed E-state index contributed by atoms with van der Waals surface area (Å²) in [4.78, 5) is 14.2. The Kier molecular flexibility index (Phi) is 6.54. The molecule has 0 fully saturated rings. The molecule has 0 amide bonds. The molecule has 0 spiro atoms. The summed E-state index contributed by atoms with van der Waals surface area (Å²) in [5, 5.41) is 9.17. The first kappa shape index (κ1) is 15.3. The number of halogens is 1. The van der Waals surface area contributed by atoms with Crippen molar-refractivity contribution in [2.75, 3.05) is 25.4 Å². The highest BCUT2D eigenvalue weighted by Crippen LogP contribution is 2.25. The fourth-order valence-electron chi connectivity index (χ4n) is 1.59. The van der Waals surface area contributed by atoms with E-state index in [1.54, 1.807) is 23.9 Å². The number of carbonyl (C=O) groups is 1. The van der Waals surface area contributed by atoms with Crippen LogP contribution in [-0.2, 0) is 0 Å². The Morgan fingerprint density at radius 2 is 2.06 bits per heavy atom. The van der Waals surface area contributed by atoms with Crippen molar-refractivity contribution >= 4 is 29.3 Å². The molecular weight excluding hydrogens is 270 g/mol. The van der Waals surface area contributed by atoms with E-state index in [-0.39, 0.29) is 5.56 Å². The monoisotopic (exact) mass is 287 g/mol. The van der Waals surface area contributed by atoms with Crippen LogP contribution < -0.4 is 0 Å². The van der Waals surface area contributed by atoms with Crippen LogP contribution in [0.3, 0.4) is 0 Å². The Bertz CT molecular complexity index is 408. The van der Waals surface area contributed by atoms with E-state index in [1.807, 2.05) is 6.07 Å². The number of carboxylic acid groups (broad SMARTS) is 1. The number of aromatic carboxylic acids is 1. The predicted molar refractivity (Wildman–Crippen MR) is 76.9 cm³/mol. The van der Waals surface area contributed by atoms with Crippen LogP contribution in [0.2, 0.25) is 5.02 Å². The summed E-state index contributed by atoms with van der Waals surface area (Å²) in [5.74, 6) is -0.00978. The number of thioether (sulfide) groups is 1. The highest BCUT2D eigenvalue weighted by Gasteiger charge is 2.09. The molecule has 100 valence electrons. The van der Waals surface area contributed by atoms with Gasteiger partial charge in [-0.25, -0.2) is 4.79 Å². The third-order valence-corrected chi connectivity index (χ3v) is 4.03. The van der Waals surface area contributed by atoms with E-state index in [1.165, 1.54) is 0 Å². The van der Waals surface area contributed by atoms with Gasteiger partial charge >= 0.3 is 5.97 Å². The molecule has 0 heterocycles. The zero-order valence-corrected chi connectivity index (χ0v) is 12.2. The van der Waals surface area contributed by atoms with Crippen LogP contribution in [0.25, 0.3) is 0 Å². The highest BCUT2D eigenvalue weighted by molar-refractivity contribution is 7.99. The zero-order valence-electron chi connectivity index (χ0n) is 10.6. The molecule has 18 heavy (non-hydrogen) atoms. The molecule has 0 aromatic heterocycles. The van der Waals surface area contributed by atoms with Gasteiger partial charge in [-0.2, -0.15) is 0 Å². The summed E-state index contributed by atoms with van der Waals surface area (Å²) in [7, 11) is 0. The third-order valence-electron chi connectivity index (χ3n) is 2.74. The van der Waals surface area contributed by atoms with Gasteiger partial charge in [0.05, 0.1) is 10.6 Å². The van der Waals surface area contributed by atoms with Crippen LogP contribution >= 0.6 is 23.4 Å². The second kappa shape index (κ2) is 7.67. The quantitative estimate of drug-likeness (QED) is 0.780. The molecule has 3 nitrogen and oxygen atoms in total. The fraction of sp³-hybridized carbons (Fsp3) is 0.462. The van der Waals surface area contributed by atoms with Crippen LogP contribution in [0.5, 0.6) is 0 Å². The topological polar surface area (TPSA) is 40.5 Å². The van der Waals surface area contributed by atoms with Crippen molar-refractivity contribution in [3.8, 4) is 0 Å². The molecule has 0 bridgehead atoms. The third kappa shape index (κ3) is 4.52. The Labute approximate surface area is 117 Å². The molecule has 0 unspecified atom stereocenters. The summed E-state index contributed by atoms with van der Waals surface area (Å²) in [6.45, 7) is 7.42. The van der Waals surface area contributed by atoms with Gasteiger partial charge in [0, 0.05) is 17.2 Å². The molecule has 0 aliphatic rings. The Morgan fingerprint density at radius 1 is 1.39 bits per heavy atom. The van der Waals surface area contributed by atoms with Gasteiger partial charge in [0.1, 0.15) is 0 Å². The summed E-state index contributed by atoms with van der Waals surface area (Å²) < 4.78 is 0. The van der Waals surface area contributed by atoms with Crippen molar-refractivity contribution in [2.45, 2.75) is 18.7 Å². The molecule has 0 saturated heterocycles. The Morgan fingerprint density at radius 3 is 2.56 bits per heavy atom. The lowest BCUT2D eigenvalue weighted by Gasteiger charge is -2.17. The molecule has 5 heteroatoms. The Hall–Kier alpha value is -0.710. The molecule has 1 aromatic rings. The van der Waals surface area contributed by atoms with Crippen molar-refractivity contribution in [1.29, 1.82) is 0 Å². The van der Waals surface area contributed by atoms with Crippen molar-refractivity contribution in [2.24, 2.45) is 0 Å². The summed E-state index contributed by atoms with van der Waals surface area (Å²) >= 11 is 7.61. The summed E-state index contributed by atoms with van der Waals surface area (Å²) in [6.07, 6.45) is 0. The van der Waals surface area contributed by atoms with Crippen LogP contribution in [-0.4, -0.2) is 41.4 Å². The second-order valence-corrected chi connectivity index (χ2v) is 5.40. The Balaban J connectivity index is 2.53. The number of nitrogens with zero attached hydrogens (tertiary/aromatic N) is 1. The maximum Gasteiger partial charge on any atom is 0.337 e. The second-order valence-electron chi connectivity index (χ2n) is 3.82. The first-order chi connectivity index (χ1) is 8.58. The zero-order chi connectivity index (χ0) is 13.5. The smallest absolute Gasteiger partial charge is 0.337 e. The normalized spacial score (nSPS) is 10.9. The first-order valence-electron chi connectivity index (χ1n) is 5.96. The van der Waals surface area contributed by atoms with E-state index in [2.05, 4.69) is 18.7 Å². The van der Waals surface area contributed by atoms with Crippen molar-refractivity contribution < 1.29 is 9.90 Å². The predicted octanol–water partition coefficient (Wildman–Crippen LogP) is 3.47. The van der Waals surface area contributed by atoms with Gasteiger partial charge < -0.3 is 10.0 Å². The number of hydrogen-bond acceptors (Lipinski definition) is 3. The van der Waals surface area contributed by atoms with E-state index in [4.69, 9.17) is 16.7 Å². The fourth-order valence-corrected chi connectivity index (χ4v) is 2.87. The number of benzene rings is 1. The lowest BCUT2D eigenvalue weighted by Crippen LogP contribution is -2.25. The van der Waals surface area contributed by atoms with E-state index in [9.17, 15) is 4.79 Å². The number of rotatable bonds is 7. The van der Waals surface area contributed by atoms with Crippen LogP contribution in [0.15, 0.2) is 23.1 Å². The van der Waals surface area contributed by atoms with Crippen LogP contribution in [0.4, 0.5) is 0 Å². The molecule has 0 aliphatic heterocycles. The highest BCUT2D eigenvalue weighted by atomic mass is 35.5. The van der Waals surface area contributed by atoms with Gasteiger partial charge in [-0.15, -0.1) is 11.8 Å². The van der Waals surface area contributed by atoms with Gasteiger partial charge in [0.15, 0.2) is 0 Å². The van der Waals surface area contributed by atoms with Crippen LogP contribution in [0.1, 0.15) is 24.2 Å². The van der Waals surface area contributed by atoms with Gasteiger partial charge in [0.2, 0.25) is 0 Å². The molecule has 1 N–H and O–H groups in total. The average molecular weight is 288 g/mol. The lowest BCUT2D eigenvalue weighted by molar-refractivity contribution is 0.0697. The van der Waals surface area contributed by atoms with Gasteiger partial charge in [-0.05, 0) is 31.3 Å². The van der Waals surface area contributed by atoms with E-state index in [0.717, 1.165) is 30.3 Å². The summed E-state index contributed by atoms with van der Waals surface area (Å²) in [6, 6.07) is 5.09. The molecule has 1 rings (SSSR count). The van der Waals surface area contributed by atoms with E-state index >= 15 is 0 Å².